The van der Waals surface area contributed by atoms with E-state index >= 15 is 0 Å². The molecule has 1 amide bonds. The Kier molecular flexibility index (Phi) is 6.04. The molecule has 0 saturated heterocycles. The van der Waals surface area contributed by atoms with E-state index < -0.39 is 11.0 Å². The number of benzene rings is 3. The van der Waals surface area contributed by atoms with Crippen LogP contribution in [0, 0.1) is 13.8 Å². The molecule has 0 aliphatic carbocycles. The normalized spacial score (nSPS) is 11.6. The Morgan fingerprint density at radius 3 is 2.37 bits per heavy atom. The van der Waals surface area contributed by atoms with Gasteiger partial charge in [0.25, 0.3) is 5.91 Å². The lowest BCUT2D eigenvalue weighted by atomic mass is 10.1. The minimum atomic E-state index is -1.44. The van der Waals surface area contributed by atoms with E-state index in [1.807, 2.05) is 68.4 Å². The molecule has 5 heteroatoms. The lowest BCUT2D eigenvalue weighted by molar-refractivity contribution is 0.0952. The largest absolute Gasteiger partial charge is 0.348 e. The average molecular weight is 378 g/mol. The van der Waals surface area contributed by atoms with Crippen LogP contribution < -0.4 is 10.0 Å². The molecular weight excluding hydrogens is 356 g/mol. The molecule has 3 rings (SSSR count). The van der Waals surface area contributed by atoms with Crippen LogP contribution in [0.2, 0.25) is 0 Å². The summed E-state index contributed by atoms with van der Waals surface area (Å²) in [5, 5.41) is 2.93. The number of carbonyl (C=O) groups is 1. The van der Waals surface area contributed by atoms with Gasteiger partial charge in [0, 0.05) is 6.54 Å². The molecule has 1 unspecified atom stereocenters. The van der Waals surface area contributed by atoms with Gasteiger partial charge in [0.05, 0.1) is 16.1 Å². The molecule has 0 spiro atoms. The third-order valence-electron chi connectivity index (χ3n) is 4.14. The summed E-state index contributed by atoms with van der Waals surface area (Å²) in [6, 6.07) is 22.5. The molecule has 3 aromatic rings. The zero-order chi connectivity index (χ0) is 19.2. The van der Waals surface area contributed by atoms with Gasteiger partial charge in [-0.25, -0.2) is 4.21 Å². The van der Waals surface area contributed by atoms with E-state index in [4.69, 9.17) is 0 Å². The highest BCUT2D eigenvalue weighted by atomic mass is 32.2. The SMILES string of the molecule is Cc1ccc(S(=O)Nc2ccccc2C(=O)NCc2cccc(C)c2)cc1. The van der Waals surface area contributed by atoms with Crippen molar-refractivity contribution >= 4 is 22.6 Å². The summed E-state index contributed by atoms with van der Waals surface area (Å²) >= 11 is 0. The number of rotatable bonds is 6. The second kappa shape index (κ2) is 8.64. The van der Waals surface area contributed by atoms with Crippen LogP contribution in [0.15, 0.2) is 77.7 Å². The van der Waals surface area contributed by atoms with Crippen LogP contribution in [0.25, 0.3) is 0 Å². The molecule has 2 N–H and O–H groups in total. The zero-order valence-electron chi connectivity index (χ0n) is 15.4. The fourth-order valence-electron chi connectivity index (χ4n) is 2.69. The topological polar surface area (TPSA) is 58.2 Å². The van der Waals surface area contributed by atoms with Gasteiger partial charge < -0.3 is 10.0 Å². The van der Waals surface area contributed by atoms with Gasteiger partial charge in [-0.05, 0) is 43.7 Å². The van der Waals surface area contributed by atoms with Crippen molar-refractivity contribution in [2.75, 3.05) is 4.72 Å². The summed E-state index contributed by atoms with van der Waals surface area (Å²) in [5.41, 5.74) is 4.30. The summed E-state index contributed by atoms with van der Waals surface area (Å²) in [4.78, 5) is 13.3. The maximum Gasteiger partial charge on any atom is 0.253 e. The zero-order valence-corrected chi connectivity index (χ0v) is 16.2. The van der Waals surface area contributed by atoms with E-state index in [-0.39, 0.29) is 5.91 Å². The van der Waals surface area contributed by atoms with E-state index in [0.29, 0.717) is 22.7 Å². The van der Waals surface area contributed by atoms with Gasteiger partial charge in [-0.1, -0.05) is 59.7 Å². The molecule has 4 nitrogen and oxygen atoms in total. The molecule has 27 heavy (non-hydrogen) atoms. The van der Waals surface area contributed by atoms with Gasteiger partial charge in [-0.2, -0.15) is 0 Å². The Balaban J connectivity index is 1.72. The maximum absolute atomic E-state index is 12.6. The second-order valence-electron chi connectivity index (χ2n) is 6.40. The minimum absolute atomic E-state index is 0.208. The number of amides is 1. The smallest absolute Gasteiger partial charge is 0.253 e. The van der Waals surface area contributed by atoms with Gasteiger partial charge in [-0.15, -0.1) is 0 Å². The Hall–Kier alpha value is -2.92. The highest BCUT2D eigenvalue weighted by Crippen LogP contribution is 2.18. The average Bonchev–Trinajstić information content (AvgIpc) is 2.67. The van der Waals surface area contributed by atoms with Crippen molar-refractivity contribution in [1.29, 1.82) is 0 Å². The highest BCUT2D eigenvalue weighted by molar-refractivity contribution is 7.86. The summed E-state index contributed by atoms with van der Waals surface area (Å²) in [5.74, 6) is -0.208. The van der Waals surface area contributed by atoms with Gasteiger partial charge in [0.15, 0.2) is 0 Å². The molecule has 1 atom stereocenters. The van der Waals surface area contributed by atoms with Gasteiger partial charge in [-0.3, -0.25) is 4.79 Å². The molecule has 0 aromatic heterocycles. The quantitative estimate of drug-likeness (QED) is 0.669. The van der Waals surface area contributed by atoms with Crippen molar-refractivity contribution in [2.45, 2.75) is 25.3 Å². The maximum atomic E-state index is 12.6. The Labute approximate surface area is 162 Å². The van der Waals surface area contributed by atoms with Crippen molar-refractivity contribution in [3.05, 3.63) is 95.1 Å². The molecule has 0 radical (unpaired) electrons. The van der Waals surface area contributed by atoms with Crippen molar-refractivity contribution in [3.63, 3.8) is 0 Å². The van der Waals surface area contributed by atoms with Crippen LogP contribution in [-0.4, -0.2) is 10.1 Å². The lowest BCUT2D eigenvalue weighted by Gasteiger charge is -2.12. The summed E-state index contributed by atoms with van der Waals surface area (Å²) < 4.78 is 15.5. The predicted octanol–water partition coefficient (Wildman–Crippen LogP) is 4.37. The monoisotopic (exact) mass is 378 g/mol. The second-order valence-corrected chi connectivity index (χ2v) is 7.61. The Morgan fingerprint density at radius 2 is 1.63 bits per heavy atom. The van der Waals surface area contributed by atoms with E-state index in [9.17, 15) is 9.00 Å². The van der Waals surface area contributed by atoms with Crippen molar-refractivity contribution < 1.29 is 9.00 Å². The molecule has 0 aliphatic heterocycles. The molecule has 3 aromatic carbocycles. The Morgan fingerprint density at radius 1 is 0.889 bits per heavy atom. The fraction of sp³-hybridized carbons (Fsp3) is 0.136. The van der Waals surface area contributed by atoms with Crippen molar-refractivity contribution in [3.8, 4) is 0 Å². The molecule has 138 valence electrons. The van der Waals surface area contributed by atoms with E-state index in [1.165, 1.54) is 0 Å². The van der Waals surface area contributed by atoms with Crippen molar-refractivity contribution in [1.82, 2.24) is 5.32 Å². The highest BCUT2D eigenvalue weighted by Gasteiger charge is 2.13. The number of aryl methyl sites for hydroxylation is 2. The number of hydrogen-bond donors (Lipinski definition) is 2. The minimum Gasteiger partial charge on any atom is -0.348 e. The predicted molar refractivity (Wildman–Crippen MR) is 110 cm³/mol. The van der Waals surface area contributed by atoms with Gasteiger partial charge in [0.1, 0.15) is 11.0 Å². The van der Waals surface area contributed by atoms with E-state index in [0.717, 1.165) is 16.7 Å². The third kappa shape index (κ3) is 5.05. The number of carbonyl (C=O) groups excluding carboxylic acids is 1. The third-order valence-corrected chi connectivity index (χ3v) is 5.25. The first-order valence-electron chi connectivity index (χ1n) is 8.71. The number of nitrogens with one attached hydrogen (secondary N) is 2. The standard InChI is InChI=1S/C22H22N2O2S/c1-16-10-12-19(13-11-16)27(26)24-21-9-4-3-8-20(21)22(25)23-15-18-7-5-6-17(2)14-18/h3-14,24H,15H2,1-2H3,(H,23,25). The van der Waals surface area contributed by atoms with Crippen LogP contribution in [-0.2, 0) is 17.5 Å². The summed E-state index contributed by atoms with van der Waals surface area (Å²) in [6.07, 6.45) is 0. The van der Waals surface area contributed by atoms with Gasteiger partial charge in [0.2, 0.25) is 0 Å². The molecule has 0 heterocycles. The molecular formula is C22H22N2O2S. The summed E-state index contributed by atoms with van der Waals surface area (Å²) in [6.45, 7) is 4.44. The first kappa shape index (κ1) is 18.9. The number of para-hydroxylation sites is 1. The summed E-state index contributed by atoms with van der Waals surface area (Å²) in [7, 11) is -1.44. The lowest BCUT2D eigenvalue weighted by Crippen LogP contribution is -2.24. The number of anilines is 1. The fourth-order valence-corrected chi connectivity index (χ4v) is 3.57. The van der Waals surface area contributed by atoms with Crippen LogP contribution in [0.1, 0.15) is 27.0 Å². The molecule has 0 saturated carbocycles. The number of hydrogen-bond acceptors (Lipinski definition) is 2. The van der Waals surface area contributed by atoms with Gasteiger partial charge >= 0.3 is 0 Å². The molecule has 0 bridgehead atoms. The van der Waals surface area contributed by atoms with Crippen molar-refractivity contribution in [2.24, 2.45) is 0 Å². The van der Waals surface area contributed by atoms with Crippen LogP contribution in [0.4, 0.5) is 5.69 Å². The van der Waals surface area contributed by atoms with Crippen LogP contribution >= 0.6 is 0 Å². The Bertz CT molecular complexity index is 968. The first-order chi connectivity index (χ1) is 13.0. The van der Waals surface area contributed by atoms with Crippen LogP contribution in [0.5, 0.6) is 0 Å². The first-order valence-corrected chi connectivity index (χ1v) is 9.86. The molecule has 0 aliphatic rings. The van der Waals surface area contributed by atoms with E-state index in [1.54, 1.807) is 18.2 Å². The van der Waals surface area contributed by atoms with E-state index in [2.05, 4.69) is 10.0 Å². The van der Waals surface area contributed by atoms with Crippen LogP contribution in [0.3, 0.4) is 0 Å². The molecule has 0 fully saturated rings.